The molecule has 0 unspecified atom stereocenters. The van der Waals surface area contributed by atoms with Crippen LogP contribution in [0.2, 0.25) is 0 Å². The van der Waals surface area contributed by atoms with Crippen molar-refractivity contribution in [3.05, 3.63) is 72.4 Å². The van der Waals surface area contributed by atoms with Crippen LogP contribution in [0.1, 0.15) is 5.56 Å². The van der Waals surface area contributed by atoms with Gasteiger partial charge in [0, 0.05) is 30.3 Å². The maximum absolute atomic E-state index is 13.7. The number of halogens is 3. The van der Waals surface area contributed by atoms with Crippen LogP contribution < -0.4 is 28.7 Å². The summed E-state index contributed by atoms with van der Waals surface area (Å²) in [5.41, 5.74) is -0.242. The molecule has 13 heteroatoms. The number of ether oxygens (including phenoxy) is 4. The minimum atomic E-state index is -4.69. The van der Waals surface area contributed by atoms with E-state index in [0.29, 0.717) is 40.4 Å². The van der Waals surface area contributed by atoms with E-state index in [9.17, 15) is 22.8 Å². The molecule has 4 aromatic rings. The predicted octanol–water partition coefficient (Wildman–Crippen LogP) is 5.98. The number of methoxy groups -OCH3 is 2. The van der Waals surface area contributed by atoms with E-state index in [1.807, 2.05) is 4.90 Å². The second-order valence-electron chi connectivity index (χ2n) is 10.1. The monoisotopic (exact) mass is 610 g/mol. The molecule has 10 nitrogen and oxygen atoms in total. The van der Waals surface area contributed by atoms with Crippen LogP contribution in [-0.4, -0.2) is 69.8 Å². The molecule has 0 aliphatic carbocycles. The Balaban J connectivity index is 1.37. The molecule has 0 spiro atoms. The van der Waals surface area contributed by atoms with Crippen LogP contribution in [0.25, 0.3) is 10.9 Å². The lowest BCUT2D eigenvalue weighted by Gasteiger charge is -2.20. The number of amides is 3. The van der Waals surface area contributed by atoms with Crippen molar-refractivity contribution in [1.82, 2.24) is 9.88 Å². The van der Waals surface area contributed by atoms with Gasteiger partial charge in [0.1, 0.15) is 30.4 Å². The SMILES string of the molecule is COc1cc2nccc(Oc3ccc(N4C(=O)CN(c5cc(OCCN(C)C)cc(C(F)(F)F)c5)C4=O)cc3)c2cc1OC. The Kier molecular flexibility index (Phi) is 8.50. The molecule has 1 saturated heterocycles. The lowest BCUT2D eigenvalue weighted by Crippen LogP contribution is -2.33. The number of rotatable bonds is 10. The Morgan fingerprint density at radius 3 is 2.23 bits per heavy atom. The summed E-state index contributed by atoms with van der Waals surface area (Å²) in [4.78, 5) is 34.4. The number of hydrogen-bond acceptors (Lipinski definition) is 8. The quantitative estimate of drug-likeness (QED) is 0.203. The smallest absolute Gasteiger partial charge is 0.416 e. The number of alkyl halides is 3. The zero-order valence-electron chi connectivity index (χ0n) is 24.3. The Morgan fingerprint density at radius 1 is 0.864 bits per heavy atom. The molecule has 1 fully saturated rings. The molecule has 2 heterocycles. The van der Waals surface area contributed by atoms with E-state index in [4.69, 9.17) is 18.9 Å². The first-order valence-electron chi connectivity index (χ1n) is 13.4. The zero-order chi connectivity index (χ0) is 31.6. The van der Waals surface area contributed by atoms with Gasteiger partial charge in [-0.05, 0) is 62.6 Å². The second-order valence-corrected chi connectivity index (χ2v) is 10.1. The highest BCUT2D eigenvalue weighted by Gasteiger charge is 2.40. The van der Waals surface area contributed by atoms with Crippen LogP contribution in [0.15, 0.2) is 66.9 Å². The van der Waals surface area contributed by atoms with E-state index in [0.717, 1.165) is 21.9 Å². The van der Waals surface area contributed by atoms with Crippen LogP contribution in [0.4, 0.5) is 29.3 Å². The average Bonchev–Trinajstić information content (AvgIpc) is 3.29. The second kappa shape index (κ2) is 12.3. The van der Waals surface area contributed by atoms with E-state index in [2.05, 4.69) is 4.98 Å². The fourth-order valence-corrected chi connectivity index (χ4v) is 4.62. The van der Waals surface area contributed by atoms with Crippen molar-refractivity contribution in [3.63, 3.8) is 0 Å². The number of imide groups is 1. The summed E-state index contributed by atoms with van der Waals surface area (Å²) in [5, 5.41) is 0.668. The number of carbonyl (C=O) groups is 2. The number of nitrogens with zero attached hydrogens (tertiary/aromatic N) is 4. The van der Waals surface area contributed by atoms with Crippen molar-refractivity contribution in [2.45, 2.75) is 6.18 Å². The van der Waals surface area contributed by atoms with E-state index < -0.39 is 30.2 Å². The summed E-state index contributed by atoms with van der Waals surface area (Å²) < 4.78 is 63.4. The highest BCUT2D eigenvalue weighted by atomic mass is 19.4. The molecule has 3 aromatic carbocycles. The van der Waals surface area contributed by atoms with Crippen molar-refractivity contribution in [3.8, 4) is 28.7 Å². The van der Waals surface area contributed by atoms with Gasteiger partial charge in [-0.25, -0.2) is 9.69 Å². The predicted molar refractivity (Wildman–Crippen MR) is 157 cm³/mol. The van der Waals surface area contributed by atoms with Crippen LogP contribution in [-0.2, 0) is 11.0 Å². The molecule has 3 amide bonds. The van der Waals surface area contributed by atoms with Crippen LogP contribution in [0.3, 0.4) is 0 Å². The molecule has 0 N–H and O–H groups in total. The molecule has 0 radical (unpaired) electrons. The zero-order valence-corrected chi connectivity index (χ0v) is 24.3. The molecule has 1 aliphatic heterocycles. The van der Waals surface area contributed by atoms with Crippen molar-refractivity contribution in [1.29, 1.82) is 0 Å². The van der Waals surface area contributed by atoms with Crippen molar-refractivity contribution in [2.24, 2.45) is 0 Å². The van der Waals surface area contributed by atoms with Crippen LogP contribution in [0, 0.1) is 0 Å². The van der Waals surface area contributed by atoms with Gasteiger partial charge in [-0.15, -0.1) is 0 Å². The van der Waals surface area contributed by atoms with Gasteiger partial charge in [0.25, 0.3) is 5.91 Å². The summed E-state index contributed by atoms with van der Waals surface area (Å²) in [6.07, 6.45) is -3.10. The first-order valence-corrected chi connectivity index (χ1v) is 13.4. The van der Waals surface area contributed by atoms with Gasteiger partial charge >= 0.3 is 12.2 Å². The molecule has 0 saturated carbocycles. The molecule has 5 rings (SSSR count). The number of fused-ring (bicyclic) bond motifs is 1. The topological polar surface area (TPSA) is 93.7 Å². The maximum atomic E-state index is 13.7. The van der Waals surface area contributed by atoms with Gasteiger partial charge in [0.2, 0.25) is 0 Å². The molecule has 230 valence electrons. The average molecular weight is 611 g/mol. The summed E-state index contributed by atoms with van der Waals surface area (Å²) in [6, 6.07) is 13.6. The molecule has 0 atom stereocenters. The first kappa shape index (κ1) is 30.4. The van der Waals surface area contributed by atoms with Crippen LogP contribution in [0.5, 0.6) is 28.7 Å². The van der Waals surface area contributed by atoms with Crippen molar-refractivity contribution >= 4 is 34.2 Å². The first-order chi connectivity index (χ1) is 21.0. The van der Waals surface area contributed by atoms with Gasteiger partial charge in [-0.1, -0.05) is 0 Å². The lowest BCUT2D eigenvalue weighted by atomic mass is 10.1. The highest BCUT2D eigenvalue weighted by Crippen LogP contribution is 2.39. The molecule has 1 aromatic heterocycles. The number of anilines is 2. The number of likely N-dealkylation sites (N-methyl/N-ethyl adjacent to an activating group) is 1. The molecule has 1 aliphatic rings. The maximum Gasteiger partial charge on any atom is 0.416 e. The van der Waals surface area contributed by atoms with E-state index >= 15 is 0 Å². The van der Waals surface area contributed by atoms with Crippen LogP contribution >= 0.6 is 0 Å². The minimum Gasteiger partial charge on any atom is -0.493 e. The molecule has 0 bridgehead atoms. The Hall–Kier alpha value is -5.04. The lowest BCUT2D eigenvalue weighted by molar-refractivity contribution is -0.137. The van der Waals surface area contributed by atoms with Gasteiger partial charge in [-0.2, -0.15) is 13.2 Å². The Bertz CT molecular complexity index is 1690. The largest absolute Gasteiger partial charge is 0.493 e. The highest BCUT2D eigenvalue weighted by molar-refractivity contribution is 6.27. The fraction of sp³-hybridized carbons (Fsp3) is 0.258. The van der Waals surface area contributed by atoms with Gasteiger partial charge in [0.05, 0.1) is 36.7 Å². The Labute approximate surface area is 251 Å². The standard InChI is InChI=1S/C31H29F3N4O6/c1-36(2)11-12-43-23-14-19(31(32,33)34)13-21(15-23)37-18-29(39)38(30(37)40)20-5-7-22(8-6-20)44-26-9-10-35-25-17-28(42-4)27(41-3)16-24(25)26/h5-10,13-17H,11-12,18H2,1-4H3. The third kappa shape index (κ3) is 6.32. The number of carbonyl (C=O) groups excluding carboxylic acids is 2. The molecular formula is C31H29F3N4O6. The number of urea groups is 1. The summed E-state index contributed by atoms with van der Waals surface area (Å²) in [7, 11) is 6.66. The summed E-state index contributed by atoms with van der Waals surface area (Å²) in [5.74, 6) is 1.24. The molecule has 44 heavy (non-hydrogen) atoms. The van der Waals surface area contributed by atoms with Gasteiger partial charge in [0.15, 0.2) is 11.5 Å². The van der Waals surface area contributed by atoms with Crippen molar-refractivity contribution < 1.29 is 41.7 Å². The number of benzene rings is 3. The summed E-state index contributed by atoms with van der Waals surface area (Å²) in [6.45, 7) is 0.169. The number of hydrogen-bond donors (Lipinski definition) is 0. The Morgan fingerprint density at radius 2 is 1.57 bits per heavy atom. The van der Waals surface area contributed by atoms with Gasteiger partial charge < -0.3 is 23.8 Å². The van der Waals surface area contributed by atoms with Crippen molar-refractivity contribution in [2.75, 3.05) is 57.8 Å². The van der Waals surface area contributed by atoms with E-state index in [-0.39, 0.29) is 23.7 Å². The summed E-state index contributed by atoms with van der Waals surface area (Å²) >= 11 is 0. The van der Waals surface area contributed by atoms with Gasteiger partial charge in [-0.3, -0.25) is 14.7 Å². The number of aromatic nitrogens is 1. The third-order valence-electron chi connectivity index (χ3n) is 6.83. The normalized spacial score (nSPS) is 13.6. The number of pyridine rings is 1. The fourth-order valence-electron chi connectivity index (χ4n) is 4.62. The molecular weight excluding hydrogens is 581 g/mol. The van der Waals surface area contributed by atoms with E-state index in [1.165, 1.54) is 32.4 Å². The van der Waals surface area contributed by atoms with E-state index in [1.54, 1.807) is 50.6 Å². The third-order valence-corrected chi connectivity index (χ3v) is 6.83. The minimum absolute atomic E-state index is 0.0587.